The first kappa shape index (κ1) is 35.7. The molecule has 0 aromatic rings. The second-order valence-electron chi connectivity index (χ2n) is 12.4. The van der Waals surface area contributed by atoms with Crippen LogP contribution in [0.3, 0.4) is 0 Å². The summed E-state index contributed by atoms with van der Waals surface area (Å²) in [6, 6.07) is 0. The molecule has 5 atom stereocenters. The Morgan fingerprint density at radius 2 is 1.50 bits per heavy atom. The number of carbonyl (C=O) groups excluding carboxylic acids is 1. The Hall–Kier alpha value is -0.790. The summed E-state index contributed by atoms with van der Waals surface area (Å²) < 4.78 is 62.6. The number of ketones is 1. The highest BCUT2D eigenvalue weighted by atomic mass is 31.2. The maximum Gasteiger partial charge on any atom is 0.529 e. The molecule has 0 amide bonds. The number of phosphoric acid groups is 2. The zero-order valence-corrected chi connectivity index (χ0v) is 28.8. The lowest BCUT2D eigenvalue weighted by atomic mass is 9.42. The van der Waals surface area contributed by atoms with E-state index in [0.717, 1.165) is 44.1 Å². The van der Waals surface area contributed by atoms with Gasteiger partial charge in [0.15, 0.2) is 0 Å². The first-order chi connectivity index (χ1) is 19.8. The van der Waals surface area contributed by atoms with Crippen LogP contribution in [0.4, 0.5) is 0 Å². The molecule has 0 radical (unpaired) electrons. The third kappa shape index (κ3) is 7.88. The van der Waals surface area contributed by atoms with Gasteiger partial charge in [0.2, 0.25) is 0 Å². The van der Waals surface area contributed by atoms with Crippen LogP contribution < -0.4 is 0 Å². The number of rotatable bonds is 19. The van der Waals surface area contributed by atoms with Crippen LogP contribution in [0.1, 0.15) is 107 Å². The molecular weight excluding hydrogens is 578 g/mol. The number of Topliss-reactive ketones (excluding diaryl/α,β-unsaturated/α-hetero) is 1. The molecule has 0 aromatic heterocycles. The second kappa shape index (κ2) is 15.0. The average Bonchev–Trinajstić information content (AvgIpc) is 2.90. The smallest absolute Gasteiger partial charge is 0.408 e. The summed E-state index contributed by atoms with van der Waals surface area (Å²) in [5.41, 5.74) is 0.0311. The summed E-state index contributed by atoms with van der Waals surface area (Å²) in [7, 11) is -7.99. The zero-order chi connectivity index (χ0) is 31.2. The van der Waals surface area contributed by atoms with Crippen molar-refractivity contribution in [1.82, 2.24) is 0 Å². The molecule has 11 heteroatoms. The van der Waals surface area contributed by atoms with Crippen LogP contribution in [0.5, 0.6) is 0 Å². The molecule has 3 rings (SSSR count). The van der Waals surface area contributed by atoms with E-state index in [1.54, 1.807) is 27.7 Å². The van der Waals surface area contributed by atoms with Gasteiger partial charge in [-0.15, -0.1) is 0 Å². The topological polar surface area (TPSA) is 107 Å². The van der Waals surface area contributed by atoms with Crippen LogP contribution in [-0.4, -0.2) is 38.3 Å². The summed E-state index contributed by atoms with van der Waals surface area (Å²) in [5.74, 6) is -0.00453. The van der Waals surface area contributed by atoms with Crippen LogP contribution in [-0.2, 0) is 41.1 Å². The fourth-order valence-electron chi connectivity index (χ4n) is 7.00. The molecule has 2 saturated carbocycles. The van der Waals surface area contributed by atoms with E-state index in [1.807, 2.05) is 12.2 Å². The van der Waals surface area contributed by atoms with Gasteiger partial charge < -0.3 is 4.52 Å². The maximum atomic E-state index is 13.8. The Morgan fingerprint density at radius 3 is 2.02 bits per heavy atom. The molecule has 2 fully saturated rings. The third-order valence-electron chi connectivity index (χ3n) is 9.28. The molecule has 9 nitrogen and oxygen atoms in total. The predicted octanol–water partition coefficient (Wildman–Crippen LogP) is 9.19. The van der Waals surface area contributed by atoms with Gasteiger partial charge in [0.1, 0.15) is 11.5 Å². The standard InChI is InChI=1S/C31H54O9P2/c1-9-14-15-16-19-30(6,7)24-21-27(39-41(33,35-10-2)36-11-3)29(31(8)23-17-18-26(32)25(31)20-23)28(22-24)40-42(34,37-12-4)38-13-5/h21-23,25,27,29H,9-20H2,1-8H3/t23-,25-,27?,29?,31?/m1/s1. The number of carbonyl (C=O) groups is 1. The second-order valence-corrected chi connectivity index (χ2v) is 15.6. The number of phosphoric ester groups is 2. The van der Waals surface area contributed by atoms with Crippen LogP contribution in [0.25, 0.3) is 0 Å². The molecular formula is C31H54O9P2. The van der Waals surface area contributed by atoms with Crippen molar-refractivity contribution >= 4 is 21.4 Å². The Kier molecular flexibility index (Phi) is 12.7. The quantitative estimate of drug-likeness (QED) is 0.102. The first-order valence-corrected chi connectivity index (χ1v) is 18.9. The predicted molar refractivity (Wildman–Crippen MR) is 164 cm³/mol. The van der Waals surface area contributed by atoms with Gasteiger partial charge in [-0.05, 0) is 75.4 Å². The summed E-state index contributed by atoms with van der Waals surface area (Å²) in [4.78, 5) is 13.2. The molecule has 0 aromatic carbocycles. The van der Waals surface area contributed by atoms with E-state index in [2.05, 4.69) is 27.7 Å². The van der Waals surface area contributed by atoms with Crippen molar-refractivity contribution in [1.29, 1.82) is 0 Å². The van der Waals surface area contributed by atoms with Crippen molar-refractivity contribution in [2.75, 3.05) is 26.4 Å². The summed E-state index contributed by atoms with van der Waals surface area (Å²) in [5, 5.41) is 0. The van der Waals surface area contributed by atoms with Crippen molar-refractivity contribution in [2.45, 2.75) is 113 Å². The van der Waals surface area contributed by atoms with E-state index < -0.39 is 33.1 Å². The Labute approximate surface area is 253 Å². The van der Waals surface area contributed by atoms with Gasteiger partial charge in [0, 0.05) is 12.3 Å². The lowest BCUT2D eigenvalue weighted by Crippen LogP contribution is -2.61. The van der Waals surface area contributed by atoms with Crippen molar-refractivity contribution in [2.24, 2.45) is 28.6 Å². The van der Waals surface area contributed by atoms with E-state index in [9.17, 15) is 13.9 Å². The van der Waals surface area contributed by atoms with E-state index in [0.29, 0.717) is 12.2 Å². The van der Waals surface area contributed by atoms with Crippen LogP contribution in [0, 0.1) is 28.6 Å². The number of fused-ring (bicyclic) bond motifs is 2. The molecule has 0 aliphatic heterocycles. The summed E-state index contributed by atoms with van der Waals surface area (Å²) in [6.07, 6.45) is 10.6. The minimum absolute atomic E-state index is 0.131. The van der Waals surface area contributed by atoms with Gasteiger partial charge in [0.25, 0.3) is 0 Å². The molecule has 0 saturated heterocycles. The van der Waals surface area contributed by atoms with Crippen LogP contribution >= 0.6 is 15.6 Å². The highest BCUT2D eigenvalue weighted by Crippen LogP contribution is 2.68. The number of unbranched alkanes of at least 4 members (excludes halogenated alkanes) is 3. The van der Waals surface area contributed by atoms with Gasteiger partial charge in [-0.25, -0.2) is 9.13 Å². The molecule has 3 aliphatic carbocycles. The summed E-state index contributed by atoms with van der Waals surface area (Å²) in [6.45, 7) is 16.1. The van der Waals surface area contributed by atoms with E-state index in [1.165, 1.54) is 6.42 Å². The zero-order valence-electron chi connectivity index (χ0n) is 27.0. The van der Waals surface area contributed by atoms with Crippen molar-refractivity contribution in [3.63, 3.8) is 0 Å². The Bertz CT molecular complexity index is 1060. The van der Waals surface area contributed by atoms with E-state index in [-0.39, 0.29) is 49.5 Å². The number of allylic oxidation sites excluding steroid dienone is 2. The highest BCUT2D eigenvalue weighted by Gasteiger charge is 2.64. The third-order valence-corrected chi connectivity index (χ3v) is 12.5. The molecule has 2 bridgehead atoms. The monoisotopic (exact) mass is 632 g/mol. The van der Waals surface area contributed by atoms with Crippen molar-refractivity contribution < 1.29 is 41.1 Å². The summed E-state index contributed by atoms with van der Waals surface area (Å²) >= 11 is 0. The molecule has 3 unspecified atom stereocenters. The van der Waals surface area contributed by atoms with Gasteiger partial charge in [0.05, 0.1) is 38.4 Å². The minimum Gasteiger partial charge on any atom is -0.408 e. The molecule has 42 heavy (non-hydrogen) atoms. The maximum absolute atomic E-state index is 13.8. The van der Waals surface area contributed by atoms with Gasteiger partial charge in [-0.1, -0.05) is 59.5 Å². The van der Waals surface area contributed by atoms with Gasteiger partial charge >= 0.3 is 15.6 Å². The lowest BCUT2D eigenvalue weighted by Gasteiger charge is -2.62. The minimum atomic E-state index is -4.01. The van der Waals surface area contributed by atoms with Crippen molar-refractivity contribution in [3.05, 3.63) is 23.5 Å². The molecule has 242 valence electrons. The largest absolute Gasteiger partial charge is 0.529 e. The molecule has 0 heterocycles. The highest BCUT2D eigenvalue weighted by molar-refractivity contribution is 7.48. The van der Waals surface area contributed by atoms with E-state index >= 15 is 0 Å². The SMILES string of the molecule is CCCCCCC(C)(C)C1=CC(OP(=O)(OCC)OCC)C(C2(C)[C@@H]3CCC(=O)[C@H]2C3)C(OP(=O)(OCC)OCC)=C1. The Balaban J connectivity index is 2.16. The number of hydrogen-bond acceptors (Lipinski definition) is 9. The normalized spacial score (nSPS) is 28.2. The molecule has 3 aliphatic rings. The first-order valence-electron chi connectivity index (χ1n) is 16.0. The van der Waals surface area contributed by atoms with E-state index in [4.69, 9.17) is 27.1 Å². The van der Waals surface area contributed by atoms with Gasteiger partial charge in [-0.3, -0.25) is 27.4 Å². The molecule has 0 spiro atoms. The van der Waals surface area contributed by atoms with Gasteiger partial charge in [-0.2, -0.15) is 0 Å². The molecule has 0 N–H and O–H groups in total. The number of hydrogen-bond donors (Lipinski definition) is 0. The fraction of sp³-hybridized carbons (Fsp3) is 0.839. The van der Waals surface area contributed by atoms with Crippen LogP contribution in [0.15, 0.2) is 23.5 Å². The van der Waals surface area contributed by atoms with Crippen LogP contribution in [0.2, 0.25) is 0 Å². The van der Waals surface area contributed by atoms with Crippen molar-refractivity contribution in [3.8, 4) is 0 Å². The average molecular weight is 633 g/mol. The fourth-order valence-corrected chi connectivity index (χ4v) is 9.55. The lowest BCUT2D eigenvalue weighted by molar-refractivity contribution is -0.167. The Morgan fingerprint density at radius 1 is 0.905 bits per heavy atom.